The zero-order chi connectivity index (χ0) is 9.26. The van der Waals surface area contributed by atoms with E-state index in [1.165, 1.54) is 10.9 Å². The normalized spacial score (nSPS) is 10.6. The molecule has 1 nitrogen and oxygen atoms in total. The Balaban J connectivity index is 2.74. The van der Waals surface area contributed by atoms with Gasteiger partial charge < -0.3 is 0 Å². The summed E-state index contributed by atoms with van der Waals surface area (Å²) < 4.78 is 1.12. The van der Waals surface area contributed by atoms with E-state index in [4.69, 9.17) is 0 Å². The first-order valence-corrected chi connectivity index (χ1v) is 5.43. The number of benzene rings is 1. The number of hydrogen-bond donors (Lipinski definition) is 0. The van der Waals surface area contributed by atoms with Crippen molar-refractivity contribution >= 4 is 33.5 Å². The Hall–Kier alpha value is -0.640. The molecule has 0 radical (unpaired) electrons. The average Bonchev–Trinajstić information content (AvgIpc) is 2.17. The molecule has 0 aliphatic rings. The summed E-state index contributed by atoms with van der Waals surface area (Å²) in [6, 6.07) is 10.5. The van der Waals surface area contributed by atoms with Crippen molar-refractivity contribution in [1.29, 1.82) is 0 Å². The maximum Gasteiger partial charge on any atom is 0.105 e. The van der Waals surface area contributed by atoms with Crippen LogP contribution in [0.15, 0.2) is 30.3 Å². The second-order valence-corrected chi connectivity index (χ2v) is 4.01. The van der Waals surface area contributed by atoms with Gasteiger partial charge in [-0.15, -0.1) is 0 Å². The Bertz CT molecular complexity index is 437. The maximum atomic E-state index is 4.53. The van der Waals surface area contributed by atoms with Gasteiger partial charge in [0.15, 0.2) is 0 Å². The Labute approximate surface area is 91.3 Å². The predicted octanol–water partition coefficient (Wildman–Crippen LogP) is 3.40. The van der Waals surface area contributed by atoms with Crippen molar-refractivity contribution in [2.24, 2.45) is 0 Å². The van der Waals surface area contributed by atoms with Crippen LogP contribution in [0.5, 0.6) is 0 Å². The molecule has 1 aromatic heterocycles. The van der Waals surface area contributed by atoms with Crippen molar-refractivity contribution in [1.82, 2.24) is 4.98 Å². The van der Waals surface area contributed by atoms with Gasteiger partial charge in [-0.2, -0.15) is 0 Å². The summed E-state index contributed by atoms with van der Waals surface area (Å²) in [5, 5.41) is 1.24. The standard InChI is InChI=1S/C11H10IN/c1-2-8-7-9-5-3-4-6-10(9)13-11(8)12/h3-7H,2H2,1H3. The maximum absolute atomic E-state index is 4.53. The van der Waals surface area contributed by atoms with Gasteiger partial charge in [0.1, 0.15) is 3.70 Å². The second-order valence-electron chi connectivity index (χ2n) is 2.98. The van der Waals surface area contributed by atoms with Gasteiger partial charge in [0, 0.05) is 5.39 Å². The highest BCUT2D eigenvalue weighted by atomic mass is 127. The number of hydrogen-bond acceptors (Lipinski definition) is 1. The number of para-hydroxylation sites is 1. The van der Waals surface area contributed by atoms with Crippen molar-refractivity contribution in [2.45, 2.75) is 13.3 Å². The molecule has 2 rings (SSSR count). The summed E-state index contributed by atoms with van der Waals surface area (Å²) in [5.41, 5.74) is 2.42. The van der Waals surface area contributed by atoms with Crippen molar-refractivity contribution in [3.63, 3.8) is 0 Å². The molecule has 0 saturated carbocycles. The lowest BCUT2D eigenvalue weighted by atomic mass is 10.1. The van der Waals surface area contributed by atoms with Crippen LogP contribution in [-0.4, -0.2) is 4.98 Å². The van der Waals surface area contributed by atoms with Crippen LogP contribution in [0.4, 0.5) is 0 Å². The number of halogens is 1. The molecule has 0 bridgehead atoms. The van der Waals surface area contributed by atoms with Crippen molar-refractivity contribution in [3.8, 4) is 0 Å². The molecule has 0 aliphatic carbocycles. The predicted molar refractivity (Wildman–Crippen MR) is 63.8 cm³/mol. The molecule has 0 atom stereocenters. The van der Waals surface area contributed by atoms with Crippen LogP contribution in [0.1, 0.15) is 12.5 Å². The molecule has 1 aromatic carbocycles. The summed E-state index contributed by atoms with van der Waals surface area (Å²) in [7, 11) is 0. The lowest BCUT2D eigenvalue weighted by Crippen LogP contribution is -1.91. The first-order valence-electron chi connectivity index (χ1n) is 4.35. The van der Waals surface area contributed by atoms with Crippen molar-refractivity contribution in [2.75, 3.05) is 0 Å². The Morgan fingerprint density at radius 3 is 2.85 bits per heavy atom. The van der Waals surface area contributed by atoms with Crippen LogP contribution >= 0.6 is 22.6 Å². The molecule has 2 heteroatoms. The lowest BCUT2D eigenvalue weighted by Gasteiger charge is -2.02. The molecule has 0 spiro atoms. The largest absolute Gasteiger partial charge is 0.242 e. The quantitative estimate of drug-likeness (QED) is 0.577. The van der Waals surface area contributed by atoms with Gasteiger partial charge in [0.2, 0.25) is 0 Å². The summed E-state index contributed by atoms with van der Waals surface area (Å²) in [4.78, 5) is 4.53. The Kier molecular flexibility index (Phi) is 2.49. The fraction of sp³-hybridized carbons (Fsp3) is 0.182. The number of rotatable bonds is 1. The fourth-order valence-corrected chi connectivity index (χ4v) is 2.18. The molecule has 0 fully saturated rings. The van der Waals surface area contributed by atoms with Crippen molar-refractivity contribution < 1.29 is 0 Å². The molecular weight excluding hydrogens is 273 g/mol. The minimum atomic E-state index is 1.05. The minimum absolute atomic E-state index is 1.05. The van der Waals surface area contributed by atoms with E-state index >= 15 is 0 Å². The van der Waals surface area contributed by atoms with E-state index < -0.39 is 0 Å². The van der Waals surface area contributed by atoms with Gasteiger partial charge in [0.05, 0.1) is 5.52 Å². The third-order valence-electron chi connectivity index (χ3n) is 2.13. The van der Waals surface area contributed by atoms with E-state index in [2.05, 4.69) is 58.8 Å². The summed E-state index contributed by atoms with van der Waals surface area (Å²) in [5.74, 6) is 0. The third-order valence-corrected chi connectivity index (χ3v) is 3.06. The topological polar surface area (TPSA) is 12.9 Å². The Morgan fingerprint density at radius 1 is 1.31 bits per heavy atom. The van der Waals surface area contributed by atoms with Gasteiger partial charge in [-0.3, -0.25) is 0 Å². The minimum Gasteiger partial charge on any atom is -0.242 e. The molecule has 0 saturated heterocycles. The Morgan fingerprint density at radius 2 is 2.08 bits per heavy atom. The van der Waals surface area contributed by atoms with Crippen molar-refractivity contribution in [3.05, 3.63) is 39.6 Å². The third kappa shape index (κ3) is 1.68. The highest BCUT2D eigenvalue weighted by Crippen LogP contribution is 2.18. The first kappa shape index (κ1) is 8.94. The molecule has 0 amide bonds. The molecule has 0 aliphatic heterocycles. The van der Waals surface area contributed by atoms with Gasteiger partial charge in [-0.05, 0) is 46.7 Å². The summed E-state index contributed by atoms with van der Waals surface area (Å²) >= 11 is 2.30. The zero-order valence-electron chi connectivity index (χ0n) is 7.42. The number of aromatic nitrogens is 1. The molecule has 66 valence electrons. The number of aryl methyl sites for hydroxylation is 1. The van der Waals surface area contributed by atoms with Crippen LogP contribution < -0.4 is 0 Å². The van der Waals surface area contributed by atoms with Crippen LogP contribution in [0.3, 0.4) is 0 Å². The average molecular weight is 283 g/mol. The highest BCUT2D eigenvalue weighted by molar-refractivity contribution is 14.1. The smallest absolute Gasteiger partial charge is 0.105 e. The monoisotopic (exact) mass is 283 g/mol. The van der Waals surface area contributed by atoms with E-state index in [0.29, 0.717) is 0 Å². The summed E-state index contributed by atoms with van der Waals surface area (Å²) in [6.45, 7) is 2.16. The molecule has 0 unspecified atom stereocenters. The highest BCUT2D eigenvalue weighted by Gasteiger charge is 2.00. The SMILES string of the molecule is CCc1cc2ccccc2nc1I. The van der Waals surface area contributed by atoms with E-state index in [9.17, 15) is 0 Å². The number of nitrogens with zero attached hydrogens (tertiary/aromatic N) is 1. The van der Waals surface area contributed by atoms with E-state index in [1.807, 2.05) is 6.07 Å². The van der Waals surface area contributed by atoms with Gasteiger partial charge in [-0.1, -0.05) is 25.1 Å². The first-order chi connectivity index (χ1) is 6.31. The van der Waals surface area contributed by atoms with E-state index in [-0.39, 0.29) is 0 Å². The summed E-state index contributed by atoms with van der Waals surface area (Å²) in [6.07, 6.45) is 1.05. The number of pyridine rings is 1. The molecule has 1 heterocycles. The van der Waals surface area contributed by atoms with Gasteiger partial charge in [0.25, 0.3) is 0 Å². The van der Waals surface area contributed by atoms with Crippen LogP contribution in [0.2, 0.25) is 0 Å². The van der Waals surface area contributed by atoms with E-state index in [0.717, 1.165) is 15.6 Å². The van der Waals surface area contributed by atoms with E-state index in [1.54, 1.807) is 0 Å². The lowest BCUT2D eigenvalue weighted by molar-refractivity contribution is 1.10. The van der Waals surface area contributed by atoms with Gasteiger partial charge in [-0.25, -0.2) is 4.98 Å². The molecule has 2 aromatic rings. The zero-order valence-corrected chi connectivity index (χ0v) is 9.58. The van der Waals surface area contributed by atoms with Crippen LogP contribution in [-0.2, 0) is 6.42 Å². The molecule has 13 heavy (non-hydrogen) atoms. The fourth-order valence-electron chi connectivity index (χ4n) is 1.38. The second kappa shape index (κ2) is 3.62. The molecule has 0 N–H and O–H groups in total. The molecular formula is C11H10IN. The number of fused-ring (bicyclic) bond motifs is 1. The van der Waals surface area contributed by atoms with Gasteiger partial charge >= 0.3 is 0 Å². The van der Waals surface area contributed by atoms with Crippen LogP contribution in [0, 0.1) is 3.70 Å². The van der Waals surface area contributed by atoms with Crippen LogP contribution in [0.25, 0.3) is 10.9 Å².